The van der Waals surface area contributed by atoms with Crippen LogP contribution >= 0.6 is 0 Å². The van der Waals surface area contributed by atoms with E-state index >= 15 is 0 Å². The maximum absolute atomic E-state index is 12.2. The number of anilines is 2. The molecule has 1 heterocycles. The molecule has 0 radical (unpaired) electrons. The fraction of sp³-hybridized carbons (Fsp3) is 0.167. The van der Waals surface area contributed by atoms with Crippen LogP contribution in [0.4, 0.5) is 11.5 Å². The molecule has 0 unspecified atom stereocenters. The average molecular weight is 309 g/mol. The topological polar surface area (TPSA) is 130 Å². The Bertz CT molecular complexity index is 737. The molecule has 1 amide bonds. The third kappa shape index (κ3) is 3.58. The number of nitrogens with two attached hydrogens (primary N) is 1. The van der Waals surface area contributed by atoms with E-state index in [0.717, 1.165) is 0 Å². The highest BCUT2D eigenvalue weighted by atomic mass is 32.2. The number of nitrogens with zero attached hydrogens (tertiary/aromatic N) is 1. The van der Waals surface area contributed by atoms with Crippen LogP contribution < -0.4 is 15.8 Å². The van der Waals surface area contributed by atoms with Gasteiger partial charge in [0, 0.05) is 24.7 Å². The molecule has 21 heavy (non-hydrogen) atoms. The van der Waals surface area contributed by atoms with Gasteiger partial charge in [0.2, 0.25) is 5.91 Å². The predicted molar refractivity (Wildman–Crippen MR) is 78.0 cm³/mol. The van der Waals surface area contributed by atoms with E-state index in [1.807, 2.05) is 0 Å². The van der Waals surface area contributed by atoms with Crippen LogP contribution in [0.3, 0.4) is 0 Å². The van der Waals surface area contributed by atoms with E-state index in [1.54, 1.807) is 0 Å². The Kier molecular flexibility index (Phi) is 4.24. The number of carbonyl (C=O) groups excluding carboxylic acids is 1. The SMILES string of the molecule is CC(=O)Nc1ccc(S(=O)(=O)Nc2[nH]ncc2CN)cc1. The van der Waals surface area contributed by atoms with Gasteiger partial charge in [-0.1, -0.05) is 0 Å². The Morgan fingerprint density at radius 1 is 1.33 bits per heavy atom. The van der Waals surface area contributed by atoms with Gasteiger partial charge in [0.1, 0.15) is 5.82 Å². The highest BCUT2D eigenvalue weighted by molar-refractivity contribution is 7.92. The monoisotopic (exact) mass is 309 g/mol. The maximum Gasteiger partial charge on any atom is 0.263 e. The molecule has 9 heteroatoms. The average Bonchev–Trinajstić information content (AvgIpc) is 2.85. The van der Waals surface area contributed by atoms with Crippen LogP contribution in [0.25, 0.3) is 0 Å². The van der Waals surface area contributed by atoms with E-state index in [9.17, 15) is 13.2 Å². The summed E-state index contributed by atoms with van der Waals surface area (Å²) in [5.74, 6) is 0.0113. The maximum atomic E-state index is 12.2. The molecule has 0 aliphatic carbocycles. The number of rotatable bonds is 5. The van der Waals surface area contributed by atoms with Crippen molar-refractivity contribution in [3.05, 3.63) is 36.0 Å². The Morgan fingerprint density at radius 2 is 2.00 bits per heavy atom. The normalized spacial score (nSPS) is 11.1. The number of aromatic nitrogens is 2. The van der Waals surface area contributed by atoms with Gasteiger partial charge in [0.25, 0.3) is 10.0 Å². The van der Waals surface area contributed by atoms with E-state index in [4.69, 9.17) is 5.73 Å². The summed E-state index contributed by atoms with van der Waals surface area (Å²) in [7, 11) is -3.75. The number of amides is 1. The fourth-order valence-corrected chi connectivity index (χ4v) is 2.73. The number of aromatic amines is 1. The standard InChI is InChI=1S/C12H15N5O3S/c1-8(18)15-10-2-4-11(5-3-10)21(19,20)17-12-9(6-13)7-14-16-12/h2-5,7H,6,13H2,1H3,(H,15,18)(H2,14,16,17). The van der Waals surface area contributed by atoms with E-state index in [1.165, 1.54) is 37.4 Å². The first-order chi connectivity index (χ1) is 9.92. The molecule has 0 aliphatic heterocycles. The van der Waals surface area contributed by atoms with Crippen molar-refractivity contribution in [2.45, 2.75) is 18.4 Å². The van der Waals surface area contributed by atoms with Crippen molar-refractivity contribution in [3.8, 4) is 0 Å². The van der Waals surface area contributed by atoms with Gasteiger partial charge >= 0.3 is 0 Å². The van der Waals surface area contributed by atoms with Crippen molar-refractivity contribution < 1.29 is 13.2 Å². The summed E-state index contributed by atoms with van der Waals surface area (Å²) in [5.41, 5.74) is 6.57. The van der Waals surface area contributed by atoms with E-state index < -0.39 is 10.0 Å². The lowest BCUT2D eigenvalue weighted by molar-refractivity contribution is -0.114. The van der Waals surface area contributed by atoms with Gasteiger partial charge in [-0.3, -0.25) is 14.6 Å². The zero-order chi connectivity index (χ0) is 15.5. The van der Waals surface area contributed by atoms with Crippen molar-refractivity contribution in [1.29, 1.82) is 0 Å². The van der Waals surface area contributed by atoms with Gasteiger partial charge < -0.3 is 11.1 Å². The molecule has 0 bridgehead atoms. The van der Waals surface area contributed by atoms with Crippen LogP contribution in [0.2, 0.25) is 0 Å². The second-order valence-corrected chi connectivity index (χ2v) is 5.97. The Labute approximate surface area is 121 Å². The molecule has 0 saturated heterocycles. The summed E-state index contributed by atoms with van der Waals surface area (Å²) in [5, 5.41) is 8.84. The minimum absolute atomic E-state index is 0.0640. The first-order valence-corrected chi connectivity index (χ1v) is 7.53. The smallest absolute Gasteiger partial charge is 0.263 e. The lowest BCUT2D eigenvalue weighted by Gasteiger charge is -2.08. The number of carbonyl (C=O) groups is 1. The molecular weight excluding hydrogens is 294 g/mol. The van der Waals surface area contributed by atoms with Crippen LogP contribution in [0.15, 0.2) is 35.4 Å². The summed E-state index contributed by atoms with van der Waals surface area (Å²) in [6.45, 7) is 1.54. The molecule has 2 aromatic rings. The van der Waals surface area contributed by atoms with Crippen LogP contribution in [-0.2, 0) is 21.4 Å². The molecule has 0 spiro atoms. The molecule has 1 aromatic carbocycles. The van der Waals surface area contributed by atoms with Crippen LogP contribution in [0.1, 0.15) is 12.5 Å². The van der Waals surface area contributed by atoms with Crippen molar-refractivity contribution in [3.63, 3.8) is 0 Å². The van der Waals surface area contributed by atoms with Crippen molar-refractivity contribution in [2.24, 2.45) is 5.73 Å². The molecular formula is C12H15N5O3S. The van der Waals surface area contributed by atoms with E-state index in [-0.39, 0.29) is 23.2 Å². The van der Waals surface area contributed by atoms with Gasteiger partial charge in [0.05, 0.1) is 11.1 Å². The molecule has 8 nitrogen and oxygen atoms in total. The van der Waals surface area contributed by atoms with Gasteiger partial charge in [-0.15, -0.1) is 0 Å². The molecule has 5 N–H and O–H groups in total. The molecule has 1 aromatic heterocycles. The molecule has 0 saturated carbocycles. The second kappa shape index (κ2) is 5.94. The van der Waals surface area contributed by atoms with Gasteiger partial charge in [-0.2, -0.15) is 5.10 Å². The number of H-pyrrole nitrogens is 1. The number of hydrogen-bond donors (Lipinski definition) is 4. The summed E-state index contributed by atoms with van der Waals surface area (Å²) < 4.78 is 26.8. The molecule has 112 valence electrons. The lowest BCUT2D eigenvalue weighted by Crippen LogP contribution is -2.15. The van der Waals surface area contributed by atoms with Crippen LogP contribution in [0.5, 0.6) is 0 Å². The molecule has 0 atom stereocenters. The fourth-order valence-electron chi connectivity index (χ4n) is 1.67. The zero-order valence-electron chi connectivity index (χ0n) is 11.3. The number of hydrogen-bond acceptors (Lipinski definition) is 5. The van der Waals surface area contributed by atoms with Crippen molar-refractivity contribution in [2.75, 3.05) is 10.0 Å². The highest BCUT2D eigenvalue weighted by Gasteiger charge is 2.16. The molecule has 0 aliphatic rings. The summed E-state index contributed by atoms with van der Waals surface area (Å²) >= 11 is 0. The second-order valence-electron chi connectivity index (χ2n) is 4.29. The first kappa shape index (κ1) is 15.0. The minimum atomic E-state index is -3.75. The summed E-state index contributed by atoms with van der Waals surface area (Å²) in [6.07, 6.45) is 1.46. The van der Waals surface area contributed by atoms with Crippen LogP contribution in [0, 0.1) is 0 Å². The minimum Gasteiger partial charge on any atom is -0.326 e. The highest BCUT2D eigenvalue weighted by Crippen LogP contribution is 2.19. The Hall–Kier alpha value is -2.39. The molecule has 0 fully saturated rings. The van der Waals surface area contributed by atoms with Crippen LogP contribution in [-0.4, -0.2) is 24.5 Å². The van der Waals surface area contributed by atoms with Crippen molar-refractivity contribution in [1.82, 2.24) is 10.2 Å². The number of benzene rings is 1. The summed E-state index contributed by atoms with van der Waals surface area (Å²) in [6, 6.07) is 5.80. The third-order valence-electron chi connectivity index (χ3n) is 2.66. The van der Waals surface area contributed by atoms with Crippen molar-refractivity contribution >= 4 is 27.4 Å². The third-order valence-corrected chi connectivity index (χ3v) is 4.02. The Morgan fingerprint density at radius 3 is 2.57 bits per heavy atom. The number of sulfonamides is 1. The van der Waals surface area contributed by atoms with E-state index in [0.29, 0.717) is 11.3 Å². The largest absolute Gasteiger partial charge is 0.326 e. The quantitative estimate of drug-likeness (QED) is 0.643. The summed E-state index contributed by atoms with van der Waals surface area (Å²) in [4.78, 5) is 11.0. The predicted octanol–water partition coefficient (Wildman–Crippen LogP) is 0.628. The molecule has 2 rings (SSSR count). The Balaban J connectivity index is 2.21. The lowest BCUT2D eigenvalue weighted by atomic mass is 10.3. The van der Waals surface area contributed by atoms with Gasteiger partial charge in [-0.25, -0.2) is 8.42 Å². The van der Waals surface area contributed by atoms with E-state index in [2.05, 4.69) is 20.2 Å². The van der Waals surface area contributed by atoms with Gasteiger partial charge in [-0.05, 0) is 24.3 Å². The number of nitrogens with one attached hydrogen (secondary N) is 3. The zero-order valence-corrected chi connectivity index (χ0v) is 12.1. The van der Waals surface area contributed by atoms with Gasteiger partial charge in [0.15, 0.2) is 0 Å². The first-order valence-electron chi connectivity index (χ1n) is 6.05.